The molecule has 5 nitrogen and oxygen atoms in total. The Morgan fingerprint density at radius 3 is 2.81 bits per heavy atom. The van der Waals surface area contributed by atoms with Gasteiger partial charge in [0.15, 0.2) is 6.10 Å². The molecule has 1 atom stereocenters. The SMILES string of the molecule is COCC(=O)N(Cc1cccc(Cl)c1)C[C@H]1CC(c2ccccc2Cl)=NO1. The predicted octanol–water partition coefficient (Wildman–Crippen LogP) is 4.16. The average Bonchev–Trinajstić information content (AvgIpc) is 3.10. The Kier molecular flexibility index (Phi) is 6.72. The van der Waals surface area contributed by atoms with E-state index in [2.05, 4.69) is 5.16 Å². The van der Waals surface area contributed by atoms with Gasteiger partial charge in [-0.25, -0.2) is 0 Å². The maximum atomic E-state index is 12.5. The highest BCUT2D eigenvalue weighted by atomic mass is 35.5. The van der Waals surface area contributed by atoms with Gasteiger partial charge in [0.1, 0.15) is 6.61 Å². The fraction of sp³-hybridized carbons (Fsp3) is 0.300. The summed E-state index contributed by atoms with van der Waals surface area (Å²) in [5, 5.41) is 5.43. The minimum absolute atomic E-state index is 0.00547. The number of halogens is 2. The second kappa shape index (κ2) is 9.22. The van der Waals surface area contributed by atoms with Crippen molar-refractivity contribution in [3.63, 3.8) is 0 Å². The van der Waals surface area contributed by atoms with Crippen LogP contribution in [0.1, 0.15) is 17.5 Å². The lowest BCUT2D eigenvalue weighted by atomic mass is 10.0. The van der Waals surface area contributed by atoms with Crippen LogP contribution in [0.5, 0.6) is 0 Å². The molecular formula is C20H20Cl2N2O3. The van der Waals surface area contributed by atoms with Gasteiger partial charge in [-0.3, -0.25) is 4.79 Å². The van der Waals surface area contributed by atoms with Crippen LogP contribution in [0.25, 0.3) is 0 Å². The Balaban J connectivity index is 1.68. The van der Waals surface area contributed by atoms with Crippen molar-refractivity contribution < 1.29 is 14.4 Å². The molecule has 142 valence electrons. The molecule has 27 heavy (non-hydrogen) atoms. The lowest BCUT2D eigenvalue weighted by Crippen LogP contribution is -2.39. The molecule has 2 aromatic rings. The van der Waals surface area contributed by atoms with E-state index in [0.29, 0.717) is 29.6 Å². The van der Waals surface area contributed by atoms with Crippen molar-refractivity contribution in [2.45, 2.75) is 19.1 Å². The minimum Gasteiger partial charge on any atom is -0.390 e. The third-order valence-electron chi connectivity index (χ3n) is 4.22. The summed E-state index contributed by atoms with van der Waals surface area (Å²) >= 11 is 12.3. The summed E-state index contributed by atoms with van der Waals surface area (Å²) in [5.41, 5.74) is 2.58. The highest BCUT2D eigenvalue weighted by Gasteiger charge is 2.27. The normalized spacial score (nSPS) is 16.0. The fourth-order valence-corrected chi connectivity index (χ4v) is 3.41. The number of hydrogen-bond acceptors (Lipinski definition) is 4. The van der Waals surface area contributed by atoms with Crippen LogP contribution in [0.4, 0.5) is 0 Å². The van der Waals surface area contributed by atoms with Gasteiger partial charge in [0.2, 0.25) is 5.91 Å². The van der Waals surface area contributed by atoms with Gasteiger partial charge in [-0.05, 0) is 23.8 Å². The highest BCUT2D eigenvalue weighted by Crippen LogP contribution is 2.24. The van der Waals surface area contributed by atoms with Gasteiger partial charge in [-0.15, -0.1) is 0 Å². The lowest BCUT2D eigenvalue weighted by molar-refractivity contribution is -0.137. The van der Waals surface area contributed by atoms with Gasteiger partial charge >= 0.3 is 0 Å². The summed E-state index contributed by atoms with van der Waals surface area (Å²) < 4.78 is 5.01. The van der Waals surface area contributed by atoms with Gasteiger partial charge in [-0.1, -0.05) is 58.7 Å². The van der Waals surface area contributed by atoms with E-state index in [9.17, 15) is 4.79 Å². The smallest absolute Gasteiger partial charge is 0.248 e. The molecule has 0 fully saturated rings. The molecule has 0 saturated heterocycles. The second-order valence-corrected chi connectivity index (χ2v) is 7.13. The number of carbonyl (C=O) groups excluding carboxylic acids is 1. The third-order valence-corrected chi connectivity index (χ3v) is 4.79. The number of hydrogen-bond donors (Lipinski definition) is 0. The van der Waals surface area contributed by atoms with E-state index in [4.69, 9.17) is 32.8 Å². The molecule has 0 N–H and O–H groups in total. The molecule has 7 heteroatoms. The standard InChI is InChI=1S/C20H20Cl2N2O3/c1-26-13-20(25)24(11-14-5-4-6-15(21)9-14)12-16-10-19(23-27-16)17-7-2-3-8-18(17)22/h2-9,16H,10-13H2,1H3/t16-/m1/s1. The molecule has 1 heterocycles. The maximum absolute atomic E-state index is 12.5. The largest absolute Gasteiger partial charge is 0.390 e. The number of nitrogens with zero attached hydrogens (tertiary/aromatic N) is 2. The molecule has 0 aliphatic carbocycles. The molecule has 0 spiro atoms. The summed E-state index contributed by atoms with van der Waals surface area (Å²) in [6.45, 7) is 0.821. The summed E-state index contributed by atoms with van der Waals surface area (Å²) in [4.78, 5) is 19.7. The summed E-state index contributed by atoms with van der Waals surface area (Å²) in [6, 6.07) is 14.9. The van der Waals surface area contributed by atoms with Crippen LogP contribution in [0.3, 0.4) is 0 Å². The summed E-state index contributed by atoms with van der Waals surface area (Å²) in [7, 11) is 1.50. The Labute approximate surface area is 168 Å². The predicted molar refractivity (Wildman–Crippen MR) is 106 cm³/mol. The average molecular weight is 407 g/mol. The van der Waals surface area contributed by atoms with Crippen LogP contribution in [-0.2, 0) is 20.9 Å². The molecule has 1 amide bonds. The van der Waals surface area contributed by atoms with Crippen molar-refractivity contribution in [2.75, 3.05) is 20.3 Å². The Hall–Kier alpha value is -2.08. The van der Waals surface area contributed by atoms with Crippen LogP contribution in [0, 0.1) is 0 Å². The lowest BCUT2D eigenvalue weighted by Gasteiger charge is -2.25. The van der Waals surface area contributed by atoms with Crippen LogP contribution in [0.15, 0.2) is 53.7 Å². The third kappa shape index (κ3) is 5.22. The van der Waals surface area contributed by atoms with Crippen molar-refractivity contribution in [3.05, 3.63) is 69.7 Å². The molecule has 0 saturated carbocycles. The van der Waals surface area contributed by atoms with Crippen molar-refractivity contribution in [1.29, 1.82) is 0 Å². The number of carbonyl (C=O) groups is 1. The first-order chi connectivity index (χ1) is 13.1. The topological polar surface area (TPSA) is 51.1 Å². The van der Waals surface area contributed by atoms with Gasteiger partial charge in [-0.2, -0.15) is 0 Å². The molecule has 0 aromatic heterocycles. The van der Waals surface area contributed by atoms with Crippen molar-refractivity contribution in [3.8, 4) is 0 Å². The number of rotatable bonds is 7. The van der Waals surface area contributed by atoms with Crippen LogP contribution in [-0.4, -0.2) is 42.9 Å². The molecule has 0 bridgehead atoms. The Morgan fingerprint density at radius 1 is 1.26 bits per heavy atom. The zero-order valence-corrected chi connectivity index (χ0v) is 16.4. The summed E-state index contributed by atoms with van der Waals surface area (Å²) in [5.74, 6) is -0.118. The molecule has 3 rings (SSSR count). The molecule has 1 aliphatic rings. The van der Waals surface area contributed by atoms with Crippen molar-refractivity contribution in [1.82, 2.24) is 4.90 Å². The Bertz CT molecular complexity index is 841. The van der Waals surface area contributed by atoms with Crippen molar-refractivity contribution >= 4 is 34.8 Å². The first-order valence-corrected chi connectivity index (χ1v) is 9.31. The van der Waals surface area contributed by atoms with Gasteiger partial charge in [0.25, 0.3) is 0 Å². The quantitative estimate of drug-likeness (QED) is 0.693. The van der Waals surface area contributed by atoms with E-state index < -0.39 is 0 Å². The van der Waals surface area contributed by atoms with E-state index in [1.54, 1.807) is 11.0 Å². The zero-order chi connectivity index (χ0) is 19.2. The molecule has 2 aromatic carbocycles. The first kappa shape index (κ1) is 19.7. The van der Waals surface area contributed by atoms with Crippen LogP contribution < -0.4 is 0 Å². The number of oxime groups is 1. The van der Waals surface area contributed by atoms with Crippen LogP contribution in [0.2, 0.25) is 10.0 Å². The van der Waals surface area contributed by atoms with E-state index in [0.717, 1.165) is 16.8 Å². The fourth-order valence-electron chi connectivity index (χ4n) is 2.95. The number of amides is 1. The molecule has 0 unspecified atom stereocenters. The monoisotopic (exact) mass is 406 g/mol. The molecule has 0 radical (unpaired) electrons. The summed E-state index contributed by atoms with van der Waals surface area (Å²) in [6.07, 6.45) is 0.340. The number of methoxy groups -OCH3 is 1. The van der Waals surface area contributed by atoms with Crippen molar-refractivity contribution in [2.24, 2.45) is 5.16 Å². The van der Waals surface area contributed by atoms with E-state index in [1.165, 1.54) is 7.11 Å². The van der Waals surface area contributed by atoms with Crippen LogP contribution >= 0.6 is 23.2 Å². The molecule has 1 aliphatic heterocycles. The number of ether oxygens (including phenoxy) is 1. The number of benzene rings is 2. The van der Waals surface area contributed by atoms with Gasteiger partial charge in [0, 0.05) is 35.7 Å². The highest BCUT2D eigenvalue weighted by molar-refractivity contribution is 6.34. The zero-order valence-electron chi connectivity index (χ0n) is 14.9. The van der Waals surface area contributed by atoms with Gasteiger partial charge in [0.05, 0.1) is 12.3 Å². The first-order valence-electron chi connectivity index (χ1n) is 8.55. The van der Waals surface area contributed by atoms with E-state index >= 15 is 0 Å². The maximum Gasteiger partial charge on any atom is 0.248 e. The molecular weight excluding hydrogens is 387 g/mol. The van der Waals surface area contributed by atoms with E-state index in [1.807, 2.05) is 42.5 Å². The van der Waals surface area contributed by atoms with E-state index in [-0.39, 0.29) is 18.6 Å². The Morgan fingerprint density at radius 2 is 2.07 bits per heavy atom. The van der Waals surface area contributed by atoms with Gasteiger partial charge < -0.3 is 14.5 Å². The second-order valence-electron chi connectivity index (χ2n) is 6.29. The minimum atomic E-state index is -0.240.